The van der Waals surface area contributed by atoms with Crippen molar-refractivity contribution in [2.75, 3.05) is 0 Å². The van der Waals surface area contributed by atoms with E-state index in [0.29, 0.717) is 0 Å². The van der Waals surface area contributed by atoms with Gasteiger partial charge in [0.15, 0.2) is 0 Å². The fraction of sp³-hybridized carbons (Fsp3) is 0.714. The van der Waals surface area contributed by atoms with Crippen LogP contribution in [-0.2, 0) is 0 Å². The molecule has 0 heterocycles. The minimum atomic E-state index is -0.915. The lowest BCUT2D eigenvalue weighted by Gasteiger charge is -2.40. The van der Waals surface area contributed by atoms with Gasteiger partial charge in [0, 0.05) is 10.2 Å². The van der Waals surface area contributed by atoms with Crippen molar-refractivity contribution in [1.82, 2.24) is 0 Å². The minimum Gasteiger partial charge on any atom is -0.385 e. The van der Waals surface area contributed by atoms with Crippen LogP contribution in [0.25, 0.3) is 0 Å². The van der Waals surface area contributed by atoms with Gasteiger partial charge in [-0.15, -0.1) is 0 Å². The van der Waals surface area contributed by atoms with Gasteiger partial charge in [0.05, 0.1) is 0 Å². The molecule has 0 aromatic carbocycles. The van der Waals surface area contributed by atoms with E-state index in [1.54, 1.807) is 0 Å². The van der Waals surface area contributed by atoms with Crippen molar-refractivity contribution in [2.45, 2.75) is 24.8 Å². The predicted octanol–water partition coefficient (Wildman–Crippen LogP) is 2.00. The highest BCUT2D eigenvalue weighted by Gasteiger charge is 2.45. The van der Waals surface area contributed by atoms with E-state index in [-0.39, 0.29) is 4.83 Å². The van der Waals surface area contributed by atoms with E-state index in [1.165, 1.54) is 6.08 Å². The summed E-state index contributed by atoms with van der Waals surface area (Å²) in [7, 11) is 0. The van der Waals surface area contributed by atoms with Crippen LogP contribution in [0, 0.1) is 5.41 Å². The van der Waals surface area contributed by atoms with Crippen LogP contribution in [0.4, 0.5) is 4.39 Å². The van der Waals surface area contributed by atoms with Gasteiger partial charge in [-0.2, -0.15) is 0 Å². The zero-order valence-electron chi connectivity index (χ0n) is 5.94. The molecule has 0 amide bonds. The molecule has 0 radical (unpaired) electrons. The van der Waals surface area contributed by atoms with Crippen LogP contribution in [0.5, 0.6) is 0 Å². The average Bonchev–Trinajstić information content (AvgIpc) is 1.87. The van der Waals surface area contributed by atoms with Gasteiger partial charge in [-0.1, -0.05) is 29.8 Å². The van der Waals surface area contributed by atoms with E-state index in [0.717, 1.165) is 0 Å². The summed E-state index contributed by atoms with van der Waals surface area (Å²) < 4.78 is 12.4. The normalized spacial score (nSPS) is 42.1. The van der Waals surface area contributed by atoms with Crippen LogP contribution >= 0.6 is 15.9 Å². The smallest absolute Gasteiger partial charge is 0.126 e. The molecule has 0 saturated carbocycles. The van der Waals surface area contributed by atoms with Crippen molar-refractivity contribution in [2.24, 2.45) is 5.41 Å². The zero-order chi connectivity index (χ0) is 7.94. The minimum absolute atomic E-state index is 0.106. The molecule has 0 bridgehead atoms. The van der Waals surface area contributed by atoms with E-state index < -0.39 is 17.3 Å². The van der Waals surface area contributed by atoms with Gasteiger partial charge in [0.2, 0.25) is 0 Å². The lowest BCUT2D eigenvalue weighted by molar-refractivity contribution is 0.0486. The van der Waals surface area contributed by atoms with E-state index in [2.05, 4.69) is 15.9 Å². The molecule has 3 atom stereocenters. The lowest BCUT2D eigenvalue weighted by atomic mass is 9.72. The molecule has 0 fully saturated rings. The Hall–Kier alpha value is 0.110. The first-order chi connectivity index (χ1) is 4.48. The molecule has 58 valence electrons. The quantitative estimate of drug-likeness (QED) is 0.655. The molecule has 1 N–H and O–H groups in total. The second kappa shape index (κ2) is 2.31. The van der Waals surface area contributed by atoms with Gasteiger partial charge in [-0.05, 0) is 6.08 Å². The van der Waals surface area contributed by atoms with Crippen molar-refractivity contribution in [3.8, 4) is 0 Å². The third kappa shape index (κ3) is 0.920. The van der Waals surface area contributed by atoms with E-state index >= 15 is 0 Å². The molecule has 0 spiro atoms. The second-order valence-electron chi connectivity index (χ2n) is 2.91. The SMILES string of the molecule is C[C@@H](Br)[C@@]1(C)C=C(F)C1O. The van der Waals surface area contributed by atoms with Gasteiger partial charge in [-0.25, -0.2) is 4.39 Å². The number of halogens is 2. The summed E-state index contributed by atoms with van der Waals surface area (Å²) in [4.78, 5) is 0.106. The van der Waals surface area contributed by atoms with Crippen LogP contribution in [0.3, 0.4) is 0 Å². The van der Waals surface area contributed by atoms with Gasteiger partial charge in [0.1, 0.15) is 11.9 Å². The van der Waals surface area contributed by atoms with Gasteiger partial charge >= 0.3 is 0 Å². The maximum absolute atomic E-state index is 12.4. The third-order valence-corrected chi connectivity index (χ3v) is 3.14. The highest BCUT2D eigenvalue weighted by molar-refractivity contribution is 9.09. The van der Waals surface area contributed by atoms with E-state index in [1.807, 2.05) is 13.8 Å². The Kier molecular flexibility index (Phi) is 1.90. The monoisotopic (exact) mass is 208 g/mol. The van der Waals surface area contributed by atoms with Gasteiger partial charge in [0.25, 0.3) is 0 Å². The molecule has 1 unspecified atom stereocenters. The molecule has 0 aromatic heterocycles. The summed E-state index contributed by atoms with van der Waals surface area (Å²) >= 11 is 3.30. The molecule has 1 aliphatic carbocycles. The van der Waals surface area contributed by atoms with Crippen molar-refractivity contribution in [3.05, 3.63) is 11.9 Å². The molecule has 1 aliphatic rings. The van der Waals surface area contributed by atoms with Crippen molar-refractivity contribution in [1.29, 1.82) is 0 Å². The number of aliphatic hydroxyl groups is 1. The molecule has 10 heavy (non-hydrogen) atoms. The molecule has 1 rings (SSSR count). The maximum Gasteiger partial charge on any atom is 0.126 e. The fourth-order valence-electron chi connectivity index (χ4n) is 0.988. The number of aliphatic hydroxyl groups excluding tert-OH is 1. The summed E-state index contributed by atoms with van der Waals surface area (Å²) in [5.74, 6) is -0.409. The number of hydrogen-bond donors (Lipinski definition) is 1. The van der Waals surface area contributed by atoms with E-state index in [4.69, 9.17) is 5.11 Å². The molecule has 0 aromatic rings. The van der Waals surface area contributed by atoms with Crippen molar-refractivity contribution in [3.63, 3.8) is 0 Å². The summed E-state index contributed by atoms with van der Waals surface area (Å²) in [6.07, 6.45) is 0.541. The Balaban J connectivity index is 2.77. The highest BCUT2D eigenvalue weighted by atomic mass is 79.9. The first-order valence-electron chi connectivity index (χ1n) is 3.19. The van der Waals surface area contributed by atoms with Gasteiger partial charge < -0.3 is 5.11 Å². The number of alkyl halides is 1. The van der Waals surface area contributed by atoms with Crippen LogP contribution in [0.15, 0.2) is 11.9 Å². The first kappa shape index (κ1) is 8.21. The molecular weight excluding hydrogens is 199 g/mol. The Morgan fingerprint density at radius 3 is 2.50 bits per heavy atom. The zero-order valence-corrected chi connectivity index (χ0v) is 7.52. The predicted molar refractivity (Wildman–Crippen MR) is 41.7 cm³/mol. The van der Waals surface area contributed by atoms with Gasteiger partial charge in [-0.3, -0.25) is 0 Å². The summed E-state index contributed by atoms with van der Waals surface area (Å²) in [6, 6.07) is 0. The van der Waals surface area contributed by atoms with Crippen LogP contribution in [0.1, 0.15) is 13.8 Å². The van der Waals surface area contributed by atoms with E-state index in [9.17, 15) is 4.39 Å². The average molecular weight is 209 g/mol. The fourth-order valence-corrected chi connectivity index (χ4v) is 1.37. The number of rotatable bonds is 1. The third-order valence-electron chi connectivity index (χ3n) is 2.16. The highest BCUT2D eigenvalue weighted by Crippen LogP contribution is 2.44. The maximum atomic E-state index is 12.4. The van der Waals surface area contributed by atoms with Crippen molar-refractivity contribution < 1.29 is 9.50 Å². The molecule has 1 nitrogen and oxygen atoms in total. The Labute approximate surface area is 68.1 Å². The molecular formula is C7H10BrFO. The van der Waals surface area contributed by atoms with Crippen molar-refractivity contribution >= 4 is 15.9 Å². The lowest BCUT2D eigenvalue weighted by Crippen LogP contribution is -2.44. The Bertz CT molecular complexity index is 178. The first-order valence-corrected chi connectivity index (χ1v) is 4.10. The molecule has 0 saturated heterocycles. The summed E-state index contributed by atoms with van der Waals surface area (Å²) in [5.41, 5.74) is -0.413. The van der Waals surface area contributed by atoms with Crippen LogP contribution in [0.2, 0.25) is 0 Å². The molecule has 3 heteroatoms. The summed E-state index contributed by atoms with van der Waals surface area (Å²) in [5, 5.41) is 9.13. The Morgan fingerprint density at radius 2 is 2.40 bits per heavy atom. The standard InChI is InChI=1S/C7H10BrFO/c1-4(8)7(2)3-5(9)6(7)10/h3-4,6,10H,1-2H3/t4-,6?,7-/m1/s1. The second-order valence-corrected chi connectivity index (χ2v) is 4.29. The Morgan fingerprint density at radius 1 is 1.90 bits per heavy atom. The van der Waals surface area contributed by atoms with Crippen LogP contribution < -0.4 is 0 Å². The molecule has 0 aliphatic heterocycles. The van der Waals surface area contributed by atoms with Crippen LogP contribution in [-0.4, -0.2) is 16.0 Å². The topological polar surface area (TPSA) is 20.2 Å². The largest absolute Gasteiger partial charge is 0.385 e. The summed E-state index contributed by atoms with van der Waals surface area (Å²) in [6.45, 7) is 3.71. The number of hydrogen-bond acceptors (Lipinski definition) is 1.